The van der Waals surface area contributed by atoms with Crippen molar-refractivity contribution in [3.05, 3.63) is 105 Å². The predicted molar refractivity (Wildman–Crippen MR) is 169 cm³/mol. The van der Waals surface area contributed by atoms with Crippen LogP contribution in [-0.4, -0.2) is 87.4 Å². The lowest BCUT2D eigenvalue weighted by atomic mass is 9.92. The number of carboxylic acid groups (broad SMARTS) is 1. The third kappa shape index (κ3) is 7.33. The van der Waals surface area contributed by atoms with Gasteiger partial charge in [-0.15, -0.1) is 0 Å². The zero-order valence-corrected chi connectivity index (χ0v) is 25.9. The van der Waals surface area contributed by atoms with E-state index in [2.05, 4.69) is 15.1 Å². The molecule has 2 saturated heterocycles. The summed E-state index contributed by atoms with van der Waals surface area (Å²) in [5.41, 5.74) is 4.43. The fraction of sp³-hybridized carbons (Fsp3) is 0.290. The molecule has 9 nitrogen and oxygen atoms in total. The predicted octanol–water partition coefficient (Wildman–Crippen LogP) is 4.77. The third-order valence-corrected chi connectivity index (χ3v) is 9.48. The average molecular weight is 644 g/mol. The van der Waals surface area contributed by atoms with Gasteiger partial charge >= 0.3 is 6.09 Å². The first-order valence-corrected chi connectivity index (χ1v) is 16.4. The molecular weight excluding hydrogens is 611 g/mol. The van der Waals surface area contributed by atoms with Crippen LogP contribution in [0.2, 0.25) is 10.0 Å². The molecule has 2 fully saturated rings. The van der Waals surface area contributed by atoms with Crippen LogP contribution in [0.1, 0.15) is 22.7 Å². The number of hydrogen-bond donors (Lipinski definition) is 2. The molecule has 0 radical (unpaired) electrons. The number of nitrogens with one attached hydrogen (secondary N) is 1. The fourth-order valence-corrected chi connectivity index (χ4v) is 7.14. The Balaban J connectivity index is 1.36. The number of nitrogens with zero attached hydrogens (tertiary/aromatic N) is 3. The normalized spacial score (nSPS) is 15.8. The highest BCUT2D eigenvalue weighted by molar-refractivity contribution is 8.00. The lowest BCUT2D eigenvalue weighted by molar-refractivity contribution is -0.130. The van der Waals surface area contributed by atoms with Gasteiger partial charge in [0.2, 0.25) is 5.91 Å². The van der Waals surface area contributed by atoms with Crippen molar-refractivity contribution in [2.24, 2.45) is 0 Å². The van der Waals surface area contributed by atoms with E-state index in [1.54, 1.807) is 4.90 Å². The largest absolute Gasteiger partial charge is 0.465 e. The van der Waals surface area contributed by atoms with Crippen molar-refractivity contribution in [2.45, 2.75) is 6.04 Å². The van der Waals surface area contributed by atoms with E-state index in [-0.39, 0.29) is 18.5 Å². The molecule has 2 N–H and O–H groups in total. The summed E-state index contributed by atoms with van der Waals surface area (Å²) in [5.74, 6) is -0.273. The first kappa shape index (κ1) is 30.9. The molecule has 0 unspecified atom stereocenters. The zero-order chi connectivity index (χ0) is 30.7. The van der Waals surface area contributed by atoms with Gasteiger partial charge in [-0.3, -0.25) is 9.69 Å². The summed E-state index contributed by atoms with van der Waals surface area (Å²) in [4.78, 5) is 29.3. The highest BCUT2D eigenvalue weighted by atomic mass is 35.5. The molecule has 0 spiro atoms. The van der Waals surface area contributed by atoms with E-state index in [9.17, 15) is 18.0 Å². The van der Waals surface area contributed by atoms with Gasteiger partial charge in [-0.2, -0.15) is 0 Å². The minimum atomic E-state index is -3.56. The molecule has 3 aromatic carbocycles. The topological polar surface area (TPSA) is 110 Å². The van der Waals surface area contributed by atoms with Gasteiger partial charge in [-0.05, 0) is 58.7 Å². The summed E-state index contributed by atoms with van der Waals surface area (Å²) in [5, 5.41) is 12.2. The molecule has 0 bridgehead atoms. The number of anilines is 1. The number of carbonyl (C=O) groups excluding carboxylic acids is 1. The highest BCUT2D eigenvalue weighted by Gasteiger charge is 2.35. The second-order valence-corrected chi connectivity index (χ2v) is 13.5. The lowest BCUT2D eigenvalue weighted by Crippen LogP contribution is -2.51. The molecule has 2 aliphatic rings. The first-order valence-electron chi connectivity index (χ1n) is 13.8. The third-order valence-electron chi connectivity index (χ3n) is 7.71. The van der Waals surface area contributed by atoms with E-state index in [0.717, 1.165) is 22.4 Å². The summed E-state index contributed by atoms with van der Waals surface area (Å²) in [7, 11) is -3.56. The summed E-state index contributed by atoms with van der Waals surface area (Å²) >= 11 is 12.3. The van der Waals surface area contributed by atoms with Crippen LogP contribution >= 0.6 is 23.2 Å². The van der Waals surface area contributed by atoms with E-state index < -0.39 is 15.9 Å². The maximum atomic E-state index is 13.2. The molecule has 0 aliphatic carbocycles. The van der Waals surface area contributed by atoms with Gasteiger partial charge in [0, 0.05) is 61.3 Å². The molecule has 2 heterocycles. The lowest BCUT2D eigenvalue weighted by Gasteiger charge is -2.42. The maximum Gasteiger partial charge on any atom is 0.405 e. The quantitative estimate of drug-likeness (QED) is 0.364. The number of piperazine rings is 1. The zero-order valence-electron chi connectivity index (χ0n) is 23.5. The van der Waals surface area contributed by atoms with E-state index in [1.165, 1.54) is 6.26 Å². The van der Waals surface area contributed by atoms with Gasteiger partial charge in [-0.25, -0.2) is 13.2 Å². The molecular formula is C31H32Cl2N4O5S. The Morgan fingerprint density at radius 1 is 0.884 bits per heavy atom. The Kier molecular flexibility index (Phi) is 9.31. The first-order chi connectivity index (χ1) is 20.5. The average Bonchev–Trinajstić information content (AvgIpc) is 2.96. The van der Waals surface area contributed by atoms with Crippen LogP contribution in [0.3, 0.4) is 0 Å². The van der Waals surface area contributed by atoms with Crippen LogP contribution in [0.4, 0.5) is 10.5 Å². The second kappa shape index (κ2) is 13.0. The van der Waals surface area contributed by atoms with Gasteiger partial charge in [0.25, 0.3) is 0 Å². The fourth-order valence-electron chi connectivity index (χ4n) is 5.68. The summed E-state index contributed by atoms with van der Waals surface area (Å²) < 4.78 is 26.3. The Morgan fingerprint density at radius 2 is 1.44 bits per heavy atom. The van der Waals surface area contributed by atoms with Crippen LogP contribution in [0.15, 0.2) is 78.4 Å². The second-order valence-electron chi connectivity index (χ2n) is 10.7. The summed E-state index contributed by atoms with van der Waals surface area (Å²) in [6.45, 7) is 2.67. The van der Waals surface area contributed by atoms with E-state index in [4.69, 9.17) is 28.3 Å². The molecule has 5 rings (SSSR count). The standard InChI is InChI=1S/C31H32Cl2N4O5S/c1-43(41,42)30(23-3-2-4-27(17-23)35-13-15-36(16-14-35)28(38)18-34-31(39)40)24-19-37(20-24)29(21-5-9-25(32)10-6-21)22-7-11-26(33)12-8-22/h2-12,17,29,34H,13-16,18-20H2,1H3,(H,39,40). The van der Waals surface area contributed by atoms with Crippen LogP contribution in [0.5, 0.6) is 0 Å². The molecule has 2 aliphatic heterocycles. The Bertz CT molecular complexity index is 1580. The Hall–Kier alpha value is -3.57. The van der Waals surface area contributed by atoms with E-state index in [1.807, 2.05) is 72.8 Å². The molecule has 12 heteroatoms. The number of hydrogen-bond acceptors (Lipinski definition) is 6. The molecule has 226 valence electrons. The van der Waals surface area contributed by atoms with Gasteiger partial charge < -0.3 is 20.2 Å². The molecule has 3 aromatic rings. The Labute approximate surface area is 261 Å². The number of sulfone groups is 1. The maximum absolute atomic E-state index is 13.2. The molecule has 2 amide bonds. The van der Waals surface area contributed by atoms with Gasteiger partial charge in [0.05, 0.1) is 10.9 Å². The number of carbonyl (C=O) groups is 2. The number of likely N-dealkylation sites (tertiary alicyclic amines) is 1. The SMILES string of the molecule is CS(=O)(=O)C(=C1CN(C(c2ccc(Cl)cc2)c2ccc(Cl)cc2)C1)c1cccc(N2CCN(C(=O)CNC(=O)O)CC2)c1. The smallest absolute Gasteiger partial charge is 0.405 e. The minimum Gasteiger partial charge on any atom is -0.465 e. The summed E-state index contributed by atoms with van der Waals surface area (Å²) in [6.07, 6.45) is 0.00969. The van der Waals surface area contributed by atoms with Gasteiger partial charge in [0.1, 0.15) is 6.54 Å². The molecule has 0 atom stereocenters. The van der Waals surface area contributed by atoms with E-state index in [0.29, 0.717) is 59.8 Å². The van der Waals surface area contributed by atoms with Crippen molar-refractivity contribution >= 4 is 55.6 Å². The van der Waals surface area contributed by atoms with Gasteiger partial charge in [0.15, 0.2) is 9.84 Å². The molecule has 43 heavy (non-hydrogen) atoms. The summed E-state index contributed by atoms with van der Waals surface area (Å²) in [6, 6.07) is 22.8. The van der Waals surface area contributed by atoms with Crippen molar-refractivity contribution in [3.8, 4) is 0 Å². The number of amides is 2. The van der Waals surface area contributed by atoms with Gasteiger partial charge in [-0.1, -0.05) is 59.6 Å². The van der Waals surface area contributed by atoms with Crippen LogP contribution in [-0.2, 0) is 14.6 Å². The molecule has 0 aromatic heterocycles. The van der Waals surface area contributed by atoms with Crippen molar-refractivity contribution in [1.82, 2.24) is 15.1 Å². The van der Waals surface area contributed by atoms with Crippen molar-refractivity contribution in [3.63, 3.8) is 0 Å². The molecule has 0 saturated carbocycles. The van der Waals surface area contributed by atoms with Crippen LogP contribution < -0.4 is 10.2 Å². The van der Waals surface area contributed by atoms with Crippen LogP contribution in [0, 0.1) is 0 Å². The van der Waals surface area contributed by atoms with Crippen molar-refractivity contribution in [1.29, 1.82) is 0 Å². The monoisotopic (exact) mass is 642 g/mol. The highest BCUT2D eigenvalue weighted by Crippen LogP contribution is 2.39. The Morgan fingerprint density at radius 3 is 1.95 bits per heavy atom. The van der Waals surface area contributed by atoms with Crippen molar-refractivity contribution in [2.75, 3.05) is 57.0 Å². The minimum absolute atomic E-state index is 0.102. The van der Waals surface area contributed by atoms with E-state index >= 15 is 0 Å². The van der Waals surface area contributed by atoms with Crippen LogP contribution in [0.25, 0.3) is 4.91 Å². The number of benzene rings is 3. The number of rotatable bonds is 8. The van der Waals surface area contributed by atoms with Crippen molar-refractivity contribution < 1.29 is 23.1 Å². The number of halogens is 2.